The van der Waals surface area contributed by atoms with Crippen molar-refractivity contribution in [1.29, 1.82) is 0 Å². The van der Waals surface area contributed by atoms with Crippen molar-refractivity contribution in [2.75, 3.05) is 26.2 Å². The summed E-state index contributed by atoms with van der Waals surface area (Å²) in [4.78, 5) is 47.6. The van der Waals surface area contributed by atoms with Gasteiger partial charge in [-0.25, -0.2) is 26.7 Å². The third kappa shape index (κ3) is 9.90. The number of likely N-dealkylation sites (tertiary alicyclic amines) is 1. The summed E-state index contributed by atoms with van der Waals surface area (Å²) in [5.74, 6) is -7.93. The van der Waals surface area contributed by atoms with Gasteiger partial charge in [0.15, 0.2) is 0 Å². The molecule has 0 unspecified atom stereocenters. The molecule has 3 aromatic carbocycles. The molecule has 2 N–H and O–H groups in total. The Morgan fingerprint density at radius 1 is 0.962 bits per heavy atom. The van der Waals surface area contributed by atoms with E-state index in [0.717, 1.165) is 22.8 Å². The minimum Gasteiger partial charge on any atom is -0.480 e. The van der Waals surface area contributed by atoms with Gasteiger partial charge in [0.25, 0.3) is 17.4 Å². The molecule has 0 atom stereocenters. The Labute approximate surface area is 296 Å². The van der Waals surface area contributed by atoms with E-state index in [1.165, 1.54) is 55.3 Å². The van der Waals surface area contributed by atoms with Gasteiger partial charge >= 0.3 is 18.2 Å². The van der Waals surface area contributed by atoms with Gasteiger partial charge in [0.2, 0.25) is 0 Å². The van der Waals surface area contributed by atoms with E-state index in [4.69, 9.17) is 9.84 Å². The zero-order valence-electron chi connectivity index (χ0n) is 28.3. The zero-order chi connectivity index (χ0) is 39.2. The summed E-state index contributed by atoms with van der Waals surface area (Å²) in [6.45, 7) is 0.337. The van der Waals surface area contributed by atoms with Crippen molar-refractivity contribution < 1.29 is 59.4 Å². The van der Waals surface area contributed by atoms with Gasteiger partial charge in [-0.05, 0) is 47.9 Å². The predicted molar refractivity (Wildman–Crippen MR) is 175 cm³/mol. The molecule has 5 rings (SSSR count). The van der Waals surface area contributed by atoms with Crippen LogP contribution in [0.25, 0.3) is 10.9 Å². The number of benzene rings is 3. The lowest BCUT2D eigenvalue weighted by Crippen LogP contribution is -2.43. The lowest BCUT2D eigenvalue weighted by Gasteiger charge is -2.30. The number of piperidine rings is 1. The molecule has 284 valence electrons. The Kier molecular flexibility index (Phi) is 12.5. The first-order valence-electron chi connectivity index (χ1n) is 16.0. The highest BCUT2D eigenvalue weighted by molar-refractivity contribution is 5.96. The van der Waals surface area contributed by atoms with Gasteiger partial charge in [-0.1, -0.05) is 30.3 Å². The van der Waals surface area contributed by atoms with Gasteiger partial charge in [0.05, 0.1) is 17.7 Å². The van der Waals surface area contributed by atoms with E-state index in [0.29, 0.717) is 5.56 Å². The highest BCUT2D eigenvalue weighted by atomic mass is 19.4. The lowest BCUT2D eigenvalue weighted by molar-refractivity contribution is -0.137. The van der Waals surface area contributed by atoms with Gasteiger partial charge in [-0.15, -0.1) is 0 Å². The van der Waals surface area contributed by atoms with Crippen LogP contribution in [0.5, 0.6) is 0 Å². The number of amides is 2. The van der Waals surface area contributed by atoms with Crippen molar-refractivity contribution in [1.82, 2.24) is 14.8 Å². The van der Waals surface area contributed by atoms with Crippen LogP contribution in [-0.2, 0) is 35.6 Å². The number of halogens is 8. The second kappa shape index (κ2) is 16.5. The molecule has 1 aliphatic rings. The molecule has 1 fully saturated rings. The fourth-order valence-electron chi connectivity index (χ4n) is 5.66. The van der Waals surface area contributed by atoms with Gasteiger partial charge in [0.1, 0.15) is 29.6 Å². The number of alkyl halides is 5. The van der Waals surface area contributed by atoms with E-state index in [1.807, 2.05) is 5.32 Å². The molecular weight excluding hydrogens is 722 g/mol. The van der Waals surface area contributed by atoms with Crippen LogP contribution in [0.15, 0.2) is 59.4 Å². The topological polar surface area (TPSA) is 118 Å². The van der Waals surface area contributed by atoms with Gasteiger partial charge in [0, 0.05) is 56.8 Å². The Balaban J connectivity index is 0.000000350. The first kappa shape index (κ1) is 40.3. The summed E-state index contributed by atoms with van der Waals surface area (Å²) in [5, 5.41) is 9.88. The summed E-state index contributed by atoms with van der Waals surface area (Å²) < 4.78 is 117. The number of fused-ring (bicyclic) bond motifs is 1. The molecule has 4 aromatic rings. The minimum atomic E-state index is -4.90. The van der Waals surface area contributed by atoms with E-state index < -0.39 is 95.6 Å². The molecule has 0 aliphatic carbocycles. The monoisotopic (exact) mass is 755 g/mol. The lowest BCUT2D eigenvalue weighted by atomic mass is 9.94. The smallest absolute Gasteiger partial charge is 0.417 e. The summed E-state index contributed by atoms with van der Waals surface area (Å²) >= 11 is 0. The minimum absolute atomic E-state index is 0.0227. The maximum atomic E-state index is 14.6. The average molecular weight is 756 g/mol. The van der Waals surface area contributed by atoms with Gasteiger partial charge < -0.3 is 24.6 Å². The third-order valence-corrected chi connectivity index (χ3v) is 8.44. The number of aryl methyl sites for hydroxylation is 2. The van der Waals surface area contributed by atoms with Crippen LogP contribution < -0.4 is 10.9 Å². The number of pyridine rings is 1. The van der Waals surface area contributed by atoms with Crippen LogP contribution in [-0.4, -0.2) is 64.7 Å². The van der Waals surface area contributed by atoms with Crippen LogP contribution in [0.2, 0.25) is 0 Å². The standard InChI is InChI=1S/C27H26F6N2O3.C9H7F2NO3/c1-16-4-3-5-18(23(16)28)15-20-22(27(31,32)33)19-14-17(6-7-21(19)34(2)24(20)36)8-13-38-25(37)35-11-9-26(29,30)10-12-35;10-5-2-1-3-6(11)8(5)9(15)12-4-7(13)14/h3-7,14H,8-13,15H2,1-2H3;1-3H,4H2,(H,12,15)(H,13,14). The maximum absolute atomic E-state index is 14.6. The summed E-state index contributed by atoms with van der Waals surface area (Å²) in [5.41, 5.74) is -2.67. The number of carbonyl (C=O) groups excluding carboxylic acids is 2. The fraction of sp³-hybridized carbons (Fsp3) is 0.333. The Morgan fingerprint density at radius 2 is 1.58 bits per heavy atom. The van der Waals surface area contributed by atoms with Crippen molar-refractivity contribution in [2.24, 2.45) is 7.05 Å². The first-order valence-corrected chi connectivity index (χ1v) is 16.0. The highest BCUT2D eigenvalue weighted by Crippen LogP contribution is 2.38. The van der Waals surface area contributed by atoms with Crippen LogP contribution in [0.4, 0.5) is 39.9 Å². The largest absolute Gasteiger partial charge is 0.480 e. The van der Waals surface area contributed by atoms with Gasteiger partial charge in [-0.3, -0.25) is 14.4 Å². The zero-order valence-corrected chi connectivity index (χ0v) is 28.3. The van der Waals surface area contributed by atoms with Crippen LogP contribution in [0.3, 0.4) is 0 Å². The number of aliphatic carboxylic acids is 1. The van der Waals surface area contributed by atoms with E-state index in [2.05, 4.69) is 0 Å². The Hall–Kier alpha value is -5.48. The number of aromatic nitrogens is 1. The number of rotatable bonds is 8. The molecule has 0 spiro atoms. The molecule has 2 amide bonds. The highest BCUT2D eigenvalue weighted by Gasteiger charge is 2.38. The summed E-state index contributed by atoms with van der Waals surface area (Å²) in [6.07, 6.45) is -7.05. The van der Waals surface area contributed by atoms with Crippen molar-refractivity contribution >= 4 is 28.9 Å². The molecule has 17 heteroatoms. The number of hydrogen-bond acceptors (Lipinski definition) is 5. The molecule has 2 heterocycles. The van der Waals surface area contributed by atoms with Crippen LogP contribution >= 0.6 is 0 Å². The molecule has 53 heavy (non-hydrogen) atoms. The van der Waals surface area contributed by atoms with Gasteiger partial charge in [-0.2, -0.15) is 13.2 Å². The Morgan fingerprint density at radius 3 is 2.19 bits per heavy atom. The van der Waals surface area contributed by atoms with E-state index >= 15 is 0 Å². The fourth-order valence-corrected chi connectivity index (χ4v) is 5.66. The molecule has 1 aliphatic heterocycles. The van der Waals surface area contributed by atoms with Crippen molar-refractivity contribution in [3.8, 4) is 0 Å². The van der Waals surface area contributed by atoms with E-state index in [1.54, 1.807) is 0 Å². The number of nitrogens with one attached hydrogen (secondary N) is 1. The number of hydrogen-bond donors (Lipinski definition) is 2. The summed E-state index contributed by atoms with van der Waals surface area (Å²) in [7, 11) is 1.35. The second-order valence-corrected chi connectivity index (χ2v) is 12.2. The van der Waals surface area contributed by atoms with Crippen molar-refractivity contribution in [2.45, 2.75) is 44.7 Å². The predicted octanol–water partition coefficient (Wildman–Crippen LogP) is 6.79. The number of nitrogens with zero attached hydrogens (tertiary/aromatic N) is 2. The second-order valence-electron chi connectivity index (χ2n) is 12.2. The number of carbonyl (C=O) groups is 3. The van der Waals surface area contributed by atoms with Crippen molar-refractivity contribution in [3.63, 3.8) is 0 Å². The van der Waals surface area contributed by atoms with E-state index in [-0.39, 0.29) is 48.1 Å². The SMILES string of the molecule is Cc1cccc(Cc2c(C(F)(F)F)c3cc(CCOC(=O)N4CCC(F)(F)CC4)ccc3n(C)c2=O)c1F.O=C(O)CNC(=O)c1c(F)cccc1F. The molecule has 1 saturated heterocycles. The Bertz CT molecular complexity index is 2050. The molecule has 9 nitrogen and oxygen atoms in total. The number of carboxylic acids is 1. The molecule has 0 bridgehead atoms. The number of carboxylic acid groups (broad SMARTS) is 1. The molecule has 0 radical (unpaired) electrons. The number of ether oxygens (including phenoxy) is 1. The normalized spacial score (nSPS) is 14.0. The summed E-state index contributed by atoms with van der Waals surface area (Å²) in [6, 6.07) is 11.5. The maximum Gasteiger partial charge on any atom is 0.417 e. The molecule has 0 saturated carbocycles. The van der Waals surface area contributed by atoms with Crippen molar-refractivity contribution in [3.05, 3.63) is 116 Å². The molecule has 1 aromatic heterocycles. The van der Waals surface area contributed by atoms with E-state index in [9.17, 15) is 54.3 Å². The average Bonchev–Trinajstić information content (AvgIpc) is 3.07. The quantitative estimate of drug-likeness (QED) is 0.192. The van der Waals surface area contributed by atoms with Crippen LogP contribution in [0.1, 0.15) is 51.0 Å². The first-order chi connectivity index (χ1) is 24.8. The third-order valence-electron chi connectivity index (χ3n) is 8.44. The van der Waals surface area contributed by atoms with Crippen LogP contribution in [0, 0.1) is 24.4 Å². The molecular formula is C36H33F8N3O6.